The number of halogens is 1. The maximum atomic E-state index is 10.8. The van der Waals surface area contributed by atoms with Gasteiger partial charge in [0, 0.05) is 25.7 Å². The molecular formula is C13H22IN5O2. The van der Waals surface area contributed by atoms with Crippen LogP contribution in [0.15, 0.2) is 29.3 Å². The molecule has 0 aromatic heterocycles. The van der Waals surface area contributed by atoms with Crippen LogP contribution in [0.2, 0.25) is 0 Å². The number of benzene rings is 1. The number of nitro benzene ring substituents is 1. The number of nitrogens with one attached hydrogen (secondary N) is 2. The third kappa shape index (κ3) is 7.69. The van der Waals surface area contributed by atoms with Gasteiger partial charge >= 0.3 is 0 Å². The summed E-state index contributed by atoms with van der Waals surface area (Å²) in [5.41, 5.74) is 6.24. The van der Waals surface area contributed by atoms with Crippen LogP contribution < -0.4 is 16.4 Å². The molecule has 0 heterocycles. The summed E-state index contributed by atoms with van der Waals surface area (Å²) in [6.07, 6.45) is 0. The second-order valence-electron chi connectivity index (χ2n) is 4.75. The Labute approximate surface area is 141 Å². The van der Waals surface area contributed by atoms with E-state index in [1.54, 1.807) is 18.2 Å². The van der Waals surface area contributed by atoms with Crippen LogP contribution in [0.5, 0.6) is 0 Å². The van der Waals surface area contributed by atoms with Crippen LogP contribution in [0.25, 0.3) is 0 Å². The molecule has 1 rings (SSSR count). The van der Waals surface area contributed by atoms with E-state index in [9.17, 15) is 10.1 Å². The lowest BCUT2D eigenvalue weighted by Gasteiger charge is -2.09. The average Bonchev–Trinajstić information content (AvgIpc) is 2.41. The molecule has 0 radical (unpaired) electrons. The molecule has 0 amide bonds. The van der Waals surface area contributed by atoms with Crippen LogP contribution in [-0.2, 0) is 0 Å². The Bertz CT molecular complexity index is 479. The molecule has 118 valence electrons. The standard InChI is InChI=1S/C13H21N5O2.HI/c1-10(2)9-17-13(14)16-8-7-15-11-5-3-4-6-12(11)18(19)20;/h3-6,10,15H,7-9H2,1-2H3,(H3,14,16,17);1H. The molecule has 0 atom stereocenters. The molecule has 0 fully saturated rings. The molecule has 0 spiro atoms. The Morgan fingerprint density at radius 1 is 1.38 bits per heavy atom. The lowest BCUT2D eigenvalue weighted by atomic mass is 10.2. The second-order valence-corrected chi connectivity index (χ2v) is 4.75. The molecule has 0 aliphatic rings. The first-order valence-corrected chi connectivity index (χ1v) is 6.51. The summed E-state index contributed by atoms with van der Waals surface area (Å²) in [7, 11) is 0. The predicted octanol–water partition coefficient (Wildman–Crippen LogP) is 2.19. The molecule has 0 saturated carbocycles. The van der Waals surface area contributed by atoms with E-state index in [1.165, 1.54) is 6.07 Å². The van der Waals surface area contributed by atoms with Crippen molar-refractivity contribution in [2.75, 3.05) is 25.0 Å². The molecule has 0 bridgehead atoms. The Morgan fingerprint density at radius 2 is 2.05 bits per heavy atom. The molecule has 0 saturated heterocycles. The number of hydrogen-bond acceptors (Lipinski definition) is 4. The van der Waals surface area contributed by atoms with Crippen LogP contribution in [-0.4, -0.2) is 30.5 Å². The summed E-state index contributed by atoms with van der Waals surface area (Å²) < 4.78 is 0. The number of nitrogens with two attached hydrogens (primary N) is 1. The topological polar surface area (TPSA) is 106 Å². The molecule has 0 unspecified atom stereocenters. The Kier molecular flexibility index (Phi) is 9.42. The number of aliphatic imine (C=N–C) groups is 1. The second kappa shape index (κ2) is 10.2. The maximum Gasteiger partial charge on any atom is 0.292 e. The van der Waals surface area contributed by atoms with Gasteiger partial charge in [0.2, 0.25) is 0 Å². The lowest BCUT2D eigenvalue weighted by molar-refractivity contribution is -0.384. The smallest absolute Gasteiger partial charge is 0.292 e. The highest BCUT2D eigenvalue weighted by molar-refractivity contribution is 14.0. The van der Waals surface area contributed by atoms with E-state index < -0.39 is 4.92 Å². The van der Waals surface area contributed by atoms with Crippen molar-refractivity contribution in [3.63, 3.8) is 0 Å². The first-order valence-electron chi connectivity index (χ1n) is 6.51. The van der Waals surface area contributed by atoms with Gasteiger partial charge in [0.25, 0.3) is 5.69 Å². The van der Waals surface area contributed by atoms with Crippen molar-refractivity contribution >= 4 is 41.3 Å². The highest BCUT2D eigenvalue weighted by atomic mass is 127. The van der Waals surface area contributed by atoms with Crippen LogP contribution >= 0.6 is 24.0 Å². The summed E-state index contributed by atoms with van der Waals surface area (Å²) in [5.74, 6) is 0.850. The molecule has 8 heteroatoms. The predicted molar refractivity (Wildman–Crippen MR) is 96.3 cm³/mol. The van der Waals surface area contributed by atoms with Crippen molar-refractivity contribution in [2.45, 2.75) is 13.8 Å². The van der Waals surface area contributed by atoms with Gasteiger partial charge in [-0.25, -0.2) is 0 Å². The largest absolute Gasteiger partial charge is 0.378 e. The highest BCUT2D eigenvalue weighted by Gasteiger charge is 2.10. The monoisotopic (exact) mass is 407 g/mol. The van der Waals surface area contributed by atoms with Gasteiger partial charge in [0.05, 0.1) is 4.92 Å². The number of nitrogens with zero attached hydrogens (tertiary/aromatic N) is 2. The fraction of sp³-hybridized carbons (Fsp3) is 0.462. The SMILES string of the molecule is CC(C)CN=C(N)NCCNc1ccccc1[N+](=O)[O-].I. The van der Waals surface area contributed by atoms with Crippen molar-refractivity contribution in [1.82, 2.24) is 5.32 Å². The summed E-state index contributed by atoms with van der Waals surface area (Å²) >= 11 is 0. The van der Waals surface area contributed by atoms with Crippen molar-refractivity contribution in [1.29, 1.82) is 0 Å². The van der Waals surface area contributed by atoms with E-state index in [1.807, 2.05) is 0 Å². The van der Waals surface area contributed by atoms with E-state index in [0.717, 1.165) is 0 Å². The van der Waals surface area contributed by atoms with Crippen molar-refractivity contribution in [3.8, 4) is 0 Å². The van der Waals surface area contributed by atoms with E-state index in [4.69, 9.17) is 5.73 Å². The minimum Gasteiger partial charge on any atom is -0.378 e. The van der Waals surface area contributed by atoms with Gasteiger partial charge < -0.3 is 16.4 Å². The van der Waals surface area contributed by atoms with Crippen LogP contribution in [0.4, 0.5) is 11.4 Å². The van der Waals surface area contributed by atoms with Crippen molar-refractivity contribution < 1.29 is 4.92 Å². The molecule has 0 aliphatic carbocycles. The van der Waals surface area contributed by atoms with E-state index in [0.29, 0.717) is 37.2 Å². The quantitative estimate of drug-likeness (QED) is 0.161. The molecule has 1 aromatic rings. The van der Waals surface area contributed by atoms with E-state index >= 15 is 0 Å². The third-order valence-corrected chi connectivity index (χ3v) is 2.47. The Balaban J connectivity index is 0.00000400. The van der Waals surface area contributed by atoms with E-state index in [2.05, 4.69) is 29.5 Å². The lowest BCUT2D eigenvalue weighted by Crippen LogP contribution is -2.35. The molecule has 0 aliphatic heterocycles. The zero-order valence-electron chi connectivity index (χ0n) is 12.2. The van der Waals surface area contributed by atoms with Gasteiger partial charge in [-0.05, 0) is 12.0 Å². The average molecular weight is 407 g/mol. The molecule has 7 nitrogen and oxygen atoms in total. The first kappa shape index (κ1) is 19.4. The maximum absolute atomic E-state index is 10.8. The normalized spacial score (nSPS) is 10.9. The van der Waals surface area contributed by atoms with Crippen molar-refractivity contribution in [2.24, 2.45) is 16.6 Å². The molecular weight excluding hydrogens is 385 g/mol. The fourth-order valence-corrected chi connectivity index (χ4v) is 1.51. The summed E-state index contributed by atoms with van der Waals surface area (Å²) in [6, 6.07) is 6.53. The summed E-state index contributed by atoms with van der Waals surface area (Å²) in [6.45, 7) is 5.86. The molecule has 4 N–H and O–H groups in total. The van der Waals surface area contributed by atoms with Gasteiger partial charge in [0.1, 0.15) is 5.69 Å². The van der Waals surface area contributed by atoms with Crippen LogP contribution in [0, 0.1) is 16.0 Å². The van der Waals surface area contributed by atoms with Crippen LogP contribution in [0.3, 0.4) is 0 Å². The summed E-state index contributed by atoms with van der Waals surface area (Å²) in [4.78, 5) is 14.6. The number of hydrogen-bond donors (Lipinski definition) is 3. The Hall–Kier alpha value is -1.58. The number of nitro groups is 1. The minimum absolute atomic E-state index is 0. The zero-order valence-corrected chi connectivity index (χ0v) is 14.5. The highest BCUT2D eigenvalue weighted by Crippen LogP contribution is 2.22. The van der Waals surface area contributed by atoms with Gasteiger partial charge in [0.15, 0.2) is 5.96 Å². The number of guanidine groups is 1. The minimum atomic E-state index is -0.409. The van der Waals surface area contributed by atoms with Gasteiger partial charge in [-0.1, -0.05) is 26.0 Å². The number of anilines is 1. The van der Waals surface area contributed by atoms with Gasteiger partial charge in [-0.2, -0.15) is 0 Å². The third-order valence-electron chi connectivity index (χ3n) is 2.47. The molecule has 1 aromatic carbocycles. The number of rotatable bonds is 7. The zero-order chi connectivity index (χ0) is 15.0. The van der Waals surface area contributed by atoms with Crippen LogP contribution in [0.1, 0.15) is 13.8 Å². The molecule has 21 heavy (non-hydrogen) atoms. The van der Waals surface area contributed by atoms with Gasteiger partial charge in [-0.3, -0.25) is 15.1 Å². The fourth-order valence-electron chi connectivity index (χ4n) is 1.51. The van der Waals surface area contributed by atoms with E-state index in [-0.39, 0.29) is 29.7 Å². The first-order chi connectivity index (χ1) is 9.50. The summed E-state index contributed by atoms with van der Waals surface area (Å²) in [5, 5.41) is 16.8. The van der Waals surface area contributed by atoms with Crippen molar-refractivity contribution in [3.05, 3.63) is 34.4 Å². The Morgan fingerprint density at radius 3 is 2.67 bits per heavy atom. The number of para-hydroxylation sites is 2. The van der Waals surface area contributed by atoms with Gasteiger partial charge in [-0.15, -0.1) is 24.0 Å².